The molecule has 0 bridgehead atoms. The maximum absolute atomic E-state index is 12.2. The van der Waals surface area contributed by atoms with Gasteiger partial charge in [-0.3, -0.25) is 4.98 Å². The van der Waals surface area contributed by atoms with Gasteiger partial charge in [-0.2, -0.15) is 0 Å². The lowest BCUT2D eigenvalue weighted by Gasteiger charge is -2.18. The average molecular weight is 332 g/mol. The molecular formula is C17H18ClN3O2. The molecule has 0 unspecified atom stereocenters. The normalized spacial score (nSPS) is 17.1. The van der Waals surface area contributed by atoms with Gasteiger partial charge in [0, 0.05) is 36.9 Å². The summed E-state index contributed by atoms with van der Waals surface area (Å²) in [6, 6.07) is 11.0. The average Bonchev–Trinajstić information content (AvgIpc) is 3.04. The van der Waals surface area contributed by atoms with Crippen LogP contribution in [0.4, 0.5) is 4.79 Å². The third kappa shape index (κ3) is 4.36. The Bertz CT molecular complexity index is 649. The van der Waals surface area contributed by atoms with Crippen LogP contribution in [0.3, 0.4) is 0 Å². The molecule has 2 aromatic rings. The van der Waals surface area contributed by atoms with Crippen LogP contribution in [0.15, 0.2) is 48.8 Å². The second-order valence-corrected chi connectivity index (χ2v) is 5.88. The smallest absolute Gasteiger partial charge is 0.317 e. The molecule has 1 N–H and O–H groups in total. The van der Waals surface area contributed by atoms with Crippen LogP contribution in [-0.4, -0.2) is 35.1 Å². The van der Waals surface area contributed by atoms with Gasteiger partial charge in [0.15, 0.2) is 0 Å². The molecule has 1 atom stereocenters. The largest absolute Gasteiger partial charge is 0.489 e. The predicted octanol–water partition coefficient (Wildman–Crippen LogP) is 3.10. The number of aromatic nitrogens is 1. The van der Waals surface area contributed by atoms with Crippen molar-refractivity contribution in [2.24, 2.45) is 0 Å². The lowest BCUT2D eigenvalue weighted by Crippen LogP contribution is -2.39. The van der Waals surface area contributed by atoms with E-state index in [1.165, 1.54) is 0 Å². The molecule has 1 aromatic heterocycles. The van der Waals surface area contributed by atoms with Crippen molar-refractivity contribution in [3.8, 4) is 5.75 Å². The van der Waals surface area contributed by atoms with Gasteiger partial charge in [-0.25, -0.2) is 4.79 Å². The minimum Gasteiger partial charge on any atom is -0.489 e. The molecule has 1 aliphatic heterocycles. The highest BCUT2D eigenvalue weighted by Crippen LogP contribution is 2.20. The number of nitrogens with one attached hydrogen (secondary N) is 1. The van der Waals surface area contributed by atoms with E-state index >= 15 is 0 Å². The summed E-state index contributed by atoms with van der Waals surface area (Å²) in [4.78, 5) is 17.9. The lowest BCUT2D eigenvalue weighted by atomic mass is 10.3. The molecule has 0 radical (unpaired) electrons. The number of rotatable bonds is 4. The number of likely N-dealkylation sites (tertiary alicyclic amines) is 1. The Morgan fingerprint density at radius 1 is 1.26 bits per heavy atom. The molecule has 0 spiro atoms. The van der Waals surface area contributed by atoms with Gasteiger partial charge in [0.2, 0.25) is 0 Å². The first kappa shape index (κ1) is 15.6. The van der Waals surface area contributed by atoms with E-state index in [9.17, 15) is 4.79 Å². The maximum Gasteiger partial charge on any atom is 0.317 e. The number of carbonyl (C=O) groups excluding carboxylic acids is 1. The molecule has 6 heteroatoms. The Balaban J connectivity index is 1.47. The highest BCUT2D eigenvalue weighted by atomic mass is 35.5. The van der Waals surface area contributed by atoms with E-state index in [-0.39, 0.29) is 12.1 Å². The summed E-state index contributed by atoms with van der Waals surface area (Å²) in [5.74, 6) is 0.776. The van der Waals surface area contributed by atoms with Crippen molar-refractivity contribution in [2.75, 3.05) is 13.1 Å². The summed E-state index contributed by atoms with van der Waals surface area (Å²) in [5, 5.41) is 3.60. The molecule has 1 fully saturated rings. The molecule has 3 rings (SSSR count). The first-order chi connectivity index (χ1) is 11.2. The number of ether oxygens (including phenoxy) is 1. The van der Waals surface area contributed by atoms with Crippen LogP contribution in [0.1, 0.15) is 12.0 Å². The second kappa shape index (κ2) is 7.33. The quantitative estimate of drug-likeness (QED) is 0.936. The van der Waals surface area contributed by atoms with Gasteiger partial charge in [-0.15, -0.1) is 0 Å². The van der Waals surface area contributed by atoms with Gasteiger partial charge in [0.25, 0.3) is 0 Å². The van der Waals surface area contributed by atoms with Crippen molar-refractivity contribution in [1.82, 2.24) is 15.2 Å². The van der Waals surface area contributed by atoms with Crippen LogP contribution in [0.5, 0.6) is 5.75 Å². The Morgan fingerprint density at radius 3 is 2.74 bits per heavy atom. The van der Waals surface area contributed by atoms with Crippen molar-refractivity contribution in [1.29, 1.82) is 0 Å². The zero-order valence-corrected chi connectivity index (χ0v) is 13.4. The van der Waals surface area contributed by atoms with Crippen LogP contribution in [0.25, 0.3) is 0 Å². The van der Waals surface area contributed by atoms with Crippen LogP contribution in [-0.2, 0) is 6.54 Å². The Labute approximate surface area is 140 Å². The van der Waals surface area contributed by atoms with Crippen molar-refractivity contribution in [2.45, 2.75) is 19.1 Å². The first-order valence-electron chi connectivity index (χ1n) is 7.54. The minimum atomic E-state index is -0.0657. The maximum atomic E-state index is 12.2. The van der Waals surface area contributed by atoms with Crippen molar-refractivity contribution < 1.29 is 9.53 Å². The summed E-state index contributed by atoms with van der Waals surface area (Å²) in [6.07, 6.45) is 4.27. The number of nitrogens with zero attached hydrogens (tertiary/aromatic N) is 2. The van der Waals surface area contributed by atoms with Crippen LogP contribution < -0.4 is 10.1 Å². The lowest BCUT2D eigenvalue weighted by molar-refractivity contribution is 0.186. The van der Waals surface area contributed by atoms with Gasteiger partial charge in [-0.05, 0) is 42.0 Å². The number of hydrogen-bond donors (Lipinski definition) is 1. The fourth-order valence-electron chi connectivity index (χ4n) is 2.50. The fraction of sp³-hybridized carbons (Fsp3) is 0.294. The minimum absolute atomic E-state index is 0.0165. The molecule has 2 heterocycles. The van der Waals surface area contributed by atoms with E-state index in [0.29, 0.717) is 24.7 Å². The Kier molecular flexibility index (Phi) is 4.98. The van der Waals surface area contributed by atoms with Gasteiger partial charge < -0.3 is 15.0 Å². The number of benzene rings is 1. The van der Waals surface area contributed by atoms with Gasteiger partial charge in [0.05, 0.1) is 6.54 Å². The van der Waals surface area contributed by atoms with Crippen LogP contribution >= 0.6 is 11.6 Å². The van der Waals surface area contributed by atoms with Gasteiger partial charge in [0.1, 0.15) is 11.9 Å². The number of urea groups is 1. The standard InChI is InChI=1S/C17H18ClN3O2/c18-14-1-3-15(4-2-14)23-16-7-10-21(12-16)17(22)20-11-13-5-8-19-9-6-13/h1-6,8-9,16H,7,10-12H2,(H,20,22)/t16-/m0/s1. The molecule has 2 amide bonds. The summed E-state index contributed by atoms with van der Waals surface area (Å²) >= 11 is 5.86. The van der Waals surface area contributed by atoms with E-state index in [1.807, 2.05) is 24.3 Å². The number of hydrogen-bond acceptors (Lipinski definition) is 3. The van der Waals surface area contributed by atoms with E-state index < -0.39 is 0 Å². The molecule has 1 aliphatic rings. The Hall–Kier alpha value is -2.27. The number of carbonyl (C=O) groups is 1. The van der Waals surface area contributed by atoms with Gasteiger partial charge >= 0.3 is 6.03 Å². The van der Waals surface area contributed by atoms with E-state index in [2.05, 4.69) is 10.3 Å². The number of halogens is 1. The van der Waals surface area contributed by atoms with Crippen molar-refractivity contribution >= 4 is 17.6 Å². The predicted molar refractivity (Wildman–Crippen MR) is 88.5 cm³/mol. The molecule has 120 valence electrons. The summed E-state index contributed by atoms with van der Waals surface area (Å²) in [5.41, 5.74) is 1.03. The third-order valence-electron chi connectivity index (χ3n) is 3.74. The Morgan fingerprint density at radius 2 is 2.00 bits per heavy atom. The van der Waals surface area contributed by atoms with E-state index in [0.717, 1.165) is 17.7 Å². The van der Waals surface area contributed by atoms with Crippen molar-refractivity contribution in [3.63, 3.8) is 0 Å². The second-order valence-electron chi connectivity index (χ2n) is 5.44. The molecule has 5 nitrogen and oxygen atoms in total. The zero-order chi connectivity index (χ0) is 16.1. The highest BCUT2D eigenvalue weighted by molar-refractivity contribution is 6.30. The van der Waals surface area contributed by atoms with Crippen LogP contribution in [0.2, 0.25) is 5.02 Å². The SMILES string of the molecule is O=C(NCc1ccncc1)N1CC[C@H](Oc2ccc(Cl)cc2)C1. The van der Waals surface area contributed by atoms with Crippen molar-refractivity contribution in [3.05, 3.63) is 59.4 Å². The zero-order valence-electron chi connectivity index (χ0n) is 12.6. The third-order valence-corrected chi connectivity index (χ3v) is 3.99. The number of amides is 2. The molecule has 23 heavy (non-hydrogen) atoms. The fourth-order valence-corrected chi connectivity index (χ4v) is 2.63. The summed E-state index contributed by atoms with van der Waals surface area (Å²) in [6.45, 7) is 1.78. The first-order valence-corrected chi connectivity index (χ1v) is 7.92. The molecule has 0 saturated carbocycles. The van der Waals surface area contributed by atoms with E-state index in [4.69, 9.17) is 16.3 Å². The van der Waals surface area contributed by atoms with Crippen LogP contribution in [0, 0.1) is 0 Å². The van der Waals surface area contributed by atoms with Gasteiger partial charge in [-0.1, -0.05) is 11.6 Å². The highest BCUT2D eigenvalue weighted by Gasteiger charge is 2.27. The molecule has 0 aliphatic carbocycles. The number of pyridine rings is 1. The molecule has 1 aromatic carbocycles. The molecular weight excluding hydrogens is 314 g/mol. The molecule has 1 saturated heterocycles. The summed E-state index contributed by atoms with van der Waals surface area (Å²) in [7, 11) is 0. The summed E-state index contributed by atoms with van der Waals surface area (Å²) < 4.78 is 5.88. The topological polar surface area (TPSA) is 54.5 Å². The van der Waals surface area contributed by atoms with E-state index in [1.54, 1.807) is 29.4 Å². The monoisotopic (exact) mass is 331 g/mol.